The first kappa shape index (κ1) is 19.1. The summed E-state index contributed by atoms with van der Waals surface area (Å²) in [6, 6.07) is 7.05. The molecule has 1 aromatic rings. The summed E-state index contributed by atoms with van der Waals surface area (Å²) in [5.74, 6) is 0.798. The van der Waals surface area contributed by atoms with Crippen LogP contribution in [0, 0.1) is 0 Å². The van der Waals surface area contributed by atoms with Gasteiger partial charge in [0.15, 0.2) is 0 Å². The first-order valence-electron chi connectivity index (χ1n) is 8.72. The second kappa shape index (κ2) is 9.27. The maximum absolute atomic E-state index is 12.2. The van der Waals surface area contributed by atoms with Crippen LogP contribution in [0.4, 0.5) is 10.5 Å². The van der Waals surface area contributed by atoms with Gasteiger partial charge in [-0.1, -0.05) is 0 Å². The van der Waals surface area contributed by atoms with Crippen LogP contribution in [0.1, 0.15) is 19.8 Å². The van der Waals surface area contributed by atoms with E-state index in [4.69, 9.17) is 4.74 Å². The highest BCUT2D eigenvalue weighted by atomic mass is 16.5. The summed E-state index contributed by atoms with van der Waals surface area (Å²) in [5, 5.41) is 5.71. The molecular formula is C18H28N4O3. The lowest BCUT2D eigenvalue weighted by Gasteiger charge is -2.18. The largest absolute Gasteiger partial charge is 0.494 e. The third kappa shape index (κ3) is 5.94. The Kier molecular flexibility index (Phi) is 7.06. The number of urea groups is 1. The summed E-state index contributed by atoms with van der Waals surface area (Å²) in [4.78, 5) is 27.9. The Morgan fingerprint density at radius 2 is 2.04 bits per heavy atom. The van der Waals surface area contributed by atoms with E-state index < -0.39 is 0 Å². The summed E-state index contributed by atoms with van der Waals surface area (Å²) < 4.78 is 5.41. The molecule has 0 radical (unpaired) electrons. The first-order valence-corrected chi connectivity index (χ1v) is 8.72. The lowest BCUT2D eigenvalue weighted by atomic mass is 10.2. The number of hydrogen-bond donors (Lipinski definition) is 2. The molecule has 1 aliphatic heterocycles. The zero-order valence-corrected chi connectivity index (χ0v) is 15.2. The van der Waals surface area contributed by atoms with Gasteiger partial charge in [0.05, 0.1) is 12.6 Å². The molecule has 1 heterocycles. The minimum Gasteiger partial charge on any atom is -0.494 e. The predicted octanol–water partition coefficient (Wildman–Crippen LogP) is 1.44. The normalized spacial score (nSPS) is 17.0. The van der Waals surface area contributed by atoms with Crippen LogP contribution in [0.3, 0.4) is 0 Å². The predicted molar refractivity (Wildman–Crippen MR) is 98.1 cm³/mol. The van der Waals surface area contributed by atoms with E-state index in [0.717, 1.165) is 24.4 Å². The van der Waals surface area contributed by atoms with Gasteiger partial charge in [0.1, 0.15) is 5.75 Å². The molecule has 0 unspecified atom stereocenters. The van der Waals surface area contributed by atoms with Crippen molar-refractivity contribution in [3.05, 3.63) is 24.3 Å². The fraction of sp³-hybridized carbons (Fsp3) is 0.556. The second-order valence-corrected chi connectivity index (χ2v) is 6.39. The molecule has 2 rings (SSSR count). The van der Waals surface area contributed by atoms with Gasteiger partial charge >= 0.3 is 6.03 Å². The number of hydrogen-bond acceptors (Lipinski definition) is 4. The van der Waals surface area contributed by atoms with E-state index >= 15 is 0 Å². The maximum Gasteiger partial charge on any atom is 0.315 e. The Morgan fingerprint density at radius 1 is 1.32 bits per heavy atom. The molecule has 0 bridgehead atoms. The topological polar surface area (TPSA) is 73.9 Å². The lowest BCUT2D eigenvalue weighted by molar-refractivity contribution is -0.117. The van der Waals surface area contributed by atoms with Crippen molar-refractivity contribution in [3.8, 4) is 5.75 Å². The van der Waals surface area contributed by atoms with Crippen molar-refractivity contribution >= 4 is 17.6 Å². The number of carbonyl (C=O) groups is 2. The summed E-state index contributed by atoms with van der Waals surface area (Å²) in [6.45, 7) is 4.57. The van der Waals surface area contributed by atoms with Crippen LogP contribution in [0.2, 0.25) is 0 Å². The van der Waals surface area contributed by atoms with Crippen LogP contribution < -0.4 is 20.3 Å². The van der Waals surface area contributed by atoms with Crippen molar-refractivity contribution in [3.63, 3.8) is 0 Å². The molecule has 1 aliphatic rings. The van der Waals surface area contributed by atoms with Crippen molar-refractivity contribution in [2.45, 2.75) is 25.8 Å². The zero-order chi connectivity index (χ0) is 18.2. The fourth-order valence-corrected chi connectivity index (χ4v) is 2.78. The van der Waals surface area contributed by atoms with Gasteiger partial charge in [0.2, 0.25) is 5.91 Å². The maximum atomic E-state index is 12.2. The number of anilines is 1. The van der Waals surface area contributed by atoms with Crippen LogP contribution in [-0.2, 0) is 4.79 Å². The Balaban J connectivity index is 1.80. The van der Waals surface area contributed by atoms with Gasteiger partial charge in [0, 0.05) is 25.2 Å². The van der Waals surface area contributed by atoms with Crippen LogP contribution in [-0.4, -0.2) is 63.2 Å². The van der Waals surface area contributed by atoms with E-state index in [1.807, 2.05) is 45.3 Å². The third-order valence-corrected chi connectivity index (χ3v) is 3.99. The summed E-state index contributed by atoms with van der Waals surface area (Å²) in [7, 11) is 4.00. The van der Waals surface area contributed by atoms with E-state index in [2.05, 4.69) is 15.5 Å². The standard InChI is InChI=1S/C18H28N4O3/c1-4-25-16-8-6-15(7-9-16)22-13-14(12-17(22)23)20-18(24)19-10-5-11-21(2)3/h6-9,14H,4-5,10-13H2,1-3H3,(H2,19,20,24)/t14-/m0/s1. The molecule has 2 N–H and O–H groups in total. The first-order chi connectivity index (χ1) is 12.0. The Bertz CT molecular complexity index is 574. The molecule has 0 spiro atoms. The quantitative estimate of drug-likeness (QED) is 0.697. The van der Waals surface area contributed by atoms with Crippen molar-refractivity contribution in [2.24, 2.45) is 0 Å². The van der Waals surface area contributed by atoms with Crippen LogP contribution in [0.5, 0.6) is 5.75 Å². The highest BCUT2D eigenvalue weighted by molar-refractivity contribution is 5.96. The number of benzene rings is 1. The highest BCUT2D eigenvalue weighted by Crippen LogP contribution is 2.24. The minimum absolute atomic E-state index is 0.0158. The summed E-state index contributed by atoms with van der Waals surface area (Å²) in [6.07, 6.45) is 1.21. The Morgan fingerprint density at radius 3 is 2.68 bits per heavy atom. The number of nitrogens with zero attached hydrogens (tertiary/aromatic N) is 2. The molecule has 1 aromatic carbocycles. The zero-order valence-electron chi connectivity index (χ0n) is 15.2. The molecule has 0 saturated carbocycles. The fourth-order valence-electron chi connectivity index (χ4n) is 2.78. The van der Waals surface area contributed by atoms with Gasteiger partial charge in [-0.2, -0.15) is 0 Å². The van der Waals surface area contributed by atoms with Gasteiger partial charge in [-0.25, -0.2) is 4.79 Å². The van der Waals surface area contributed by atoms with Crippen molar-refractivity contribution in [1.82, 2.24) is 15.5 Å². The number of ether oxygens (including phenoxy) is 1. The number of carbonyl (C=O) groups excluding carboxylic acids is 2. The Hall–Kier alpha value is -2.28. The summed E-state index contributed by atoms with van der Waals surface area (Å²) >= 11 is 0. The molecule has 25 heavy (non-hydrogen) atoms. The van der Waals surface area contributed by atoms with Crippen LogP contribution in [0.15, 0.2) is 24.3 Å². The van der Waals surface area contributed by atoms with E-state index in [1.54, 1.807) is 4.90 Å². The van der Waals surface area contributed by atoms with E-state index in [-0.39, 0.29) is 18.0 Å². The van der Waals surface area contributed by atoms with Crippen molar-refractivity contribution in [2.75, 3.05) is 45.2 Å². The molecule has 1 atom stereocenters. The molecular weight excluding hydrogens is 320 g/mol. The molecule has 138 valence electrons. The molecule has 1 fully saturated rings. The van der Waals surface area contributed by atoms with Crippen molar-refractivity contribution in [1.29, 1.82) is 0 Å². The minimum atomic E-state index is -0.218. The Labute approximate surface area is 149 Å². The number of nitrogens with one attached hydrogen (secondary N) is 2. The molecule has 3 amide bonds. The number of rotatable bonds is 8. The molecule has 0 aromatic heterocycles. The van der Waals surface area contributed by atoms with Gasteiger partial charge in [-0.3, -0.25) is 4.79 Å². The van der Waals surface area contributed by atoms with Crippen LogP contribution in [0.25, 0.3) is 0 Å². The van der Waals surface area contributed by atoms with Gasteiger partial charge < -0.3 is 25.2 Å². The van der Waals surface area contributed by atoms with Gasteiger partial charge in [0.25, 0.3) is 0 Å². The summed E-state index contributed by atoms with van der Waals surface area (Å²) in [5.41, 5.74) is 0.823. The second-order valence-electron chi connectivity index (χ2n) is 6.39. The highest BCUT2D eigenvalue weighted by Gasteiger charge is 2.31. The number of amides is 3. The van der Waals surface area contributed by atoms with E-state index in [9.17, 15) is 9.59 Å². The molecule has 7 heteroatoms. The molecule has 1 saturated heterocycles. The lowest BCUT2D eigenvalue weighted by Crippen LogP contribution is -2.43. The van der Waals surface area contributed by atoms with E-state index in [1.165, 1.54) is 0 Å². The van der Waals surface area contributed by atoms with Crippen LogP contribution >= 0.6 is 0 Å². The average molecular weight is 348 g/mol. The monoisotopic (exact) mass is 348 g/mol. The average Bonchev–Trinajstić information content (AvgIpc) is 2.93. The third-order valence-electron chi connectivity index (χ3n) is 3.99. The van der Waals surface area contributed by atoms with Gasteiger partial charge in [-0.15, -0.1) is 0 Å². The smallest absolute Gasteiger partial charge is 0.315 e. The van der Waals surface area contributed by atoms with E-state index in [0.29, 0.717) is 26.1 Å². The van der Waals surface area contributed by atoms with Gasteiger partial charge in [-0.05, 0) is 58.3 Å². The SMILES string of the molecule is CCOc1ccc(N2C[C@@H](NC(=O)NCCCN(C)C)CC2=O)cc1. The van der Waals surface area contributed by atoms with Crippen molar-refractivity contribution < 1.29 is 14.3 Å². The molecule has 0 aliphatic carbocycles. The molecule has 7 nitrogen and oxygen atoms in total.